The van der Waals surface area contributed by atoms with E-state index in [2.05, 4.69) is 5.32 Å². The molecule has 0 aliphatic rings. The second-order valence-electron chi connectivity index (χ2n) is 9.71. The number of rotatable bonds is 12. The SMILES string of the molecule is CCCNC(=O)[C@H](CC)N(Cc1ccc(C)cc1)C(=O)CN(c1ccc(Cl)c(C(F)(F)F)c1)S(=O)(=O)c1ccccc1. The highest BCUT2D eigenvalue weighted by atomic mass is 35.5. The van der Waals surface area contributed by atoms with Gasteiger partial charge >= 0.3 is 6.18 Å². The van der Waals surface area contributed by atoms with E-state index in [0.717, 1.165) is 17.7 Å². The van der Waals surface area contributed by atoms with Crippen molar-refractivity contribution < 1.29 is 31.2 Å². The number of nitrogens with zero attached hydrogens (tertiary/aromatic N) is 2. The van der Waals surface area contributed by atoms with Crippen molar-refractivity contribution in [3.8, 4) is 0 Å². The molecule has 0 saturated heterocycles. The molecule has 0 saturated carbocycles. The molecule has 3 aromatic rings. The maximum absolute atomic E-state index is 14.0. The Kier molecular flexibility index (Phi) is 11.0. The fraction of sp³-hybridized carbons (Fsp3) is 0.333. The molecule has 0 aliphatic carbocycles. The zero-order valence-corrected chi connectivity index (χ0v) is 25.1. The number of carbonyl (C=O) groups excluding carboxylic acids is 2. The summed E-state index contributed by atoms with van der Waals surface area (Å²) < 4.78 is 69.5. The Labute approximate surface area is 249 Å². The number of sulfonamides is 1. The minimum Gasteiger partial charge on any atom is -0.354 e. The molecule has 7 nitrogen and oxygen atoms in total. The Morgan fingerprint density at radius 2 is 1.62 bits per heavy atom. The van der Waals surface area contributed by atoms with Gasteiger partial charge in [0.25, 0.3) is 10.0 Å². The van der Waals surface area contributed by atoms with Crippen LogP contribution in [0, 0.1) is 6.92 Å². The number of benzene rings is 3. The maximum Gasteiger partial charge on any atom is 0.417 e. The van der Waals surface area contributed by atoms with Crippen LogP contribution in [0.3, 0.4) is 0 Å². The van der Waals surface area contributed by atoms with Crippen molar-refractivity contribution in [2.45, 2.75) is 57.3 Å². The molecule has 0 unspecified atom stereocenters. The Bertz CT molecular complexity index is 1480. The molecular formula is C30H33ClF3N3O4S. The number of amides is 2. The molecule has 0 radical (unpaired) electrons. The van der Waals surface area contributed by atoms with E-state index in [-0.39, 0.29) is 17.9 Å². The average Bonchev–Trinajstić information content (AvgIpc) is 2.95. The fourth-order valence-corrected chi connectivity index (χ4v) is 5.96. The van der Waals surface area contributed by atoms with Crippen LogP contribution in [-0.4, -0.2) is 44.3 Å². The highest BCUT2D eigenvalue weighted by molar-refractivity contribution is 7.92. The average molecular weight is 624 g/mol. The van der Waals surface area contributed by atoms with Crippen molar-refractivity contribution in [1.82, 2.24) is 10.2 Å². The van der Waals surface area contributed by atoms with Crippen LogP contribution >= 0.6 is 11.6 Å². The third-order valence-electron chi connectivity index (χ3n) is 6.56. The first kappa shape index (κ1) is 32.9. The summed E-state index contributed by atoms with van der Waals surface area (Å²) in [5.41, 5.74) is 0.0265. The third-order valence-corrected chi connectivity index (χ3v) is 8.68. The van der Waals surface area contributed by atoms with Crippen LogP contribution in [0.4, 0.5) is 18.9 Å². The predicted octanol–water partition coefficient (Wildman–Crippen LogP) is 6.20. The van der Waals surface area contributed by atoms with Crippen LogP contribution in [-0.2, 0) is 32.3 Å². The number of halogens is 4. The van der Waals surface area contributed by atoms with Gasteiger partial charge in [-0.1, -0.05) is 73.5 Å². The molecule has 2 amide bonds. The maximum atomic E-state index is 14.0. The molecule has 0 spiro atoms. The summed E-state index contributed by atoms with van der Waals surface area (Å²) >= 11 is 5.80. The van der Waals surface area contributed by atoms with Gasteiger partial charge in [-0.3, -0.25) is 13.9 Å². The molecule has 0 bridgehead atoms. The second kappa shape index (κ2) is 14.1. The lowest BCUT2D eigenvalue weighted by atomic mass is 10.1. The molecule has 12 heteroatoms. The highest BCUT2D eigenvalue weighted by Gasteiger charge is 2.37. The van der Waals surface area contributed by atoms with Crippen LogP contribution in [0.5, 0.6) is 0 Å². The van der Waals surface area contributed by atoms with E-state index in [4.69, 9.17) is 11.6 Å². The molecule has 42 heavy (non-hydrogen) atoms. The summed E-state index contributed by atoms with van der Waals surface area (Å²) in [6, 6.07) is 16.0. The molecule has 3 rings (SSSR count). The fourth-order valence-electron chi connectivity index (χ4n) is 4.31. The third kappa shape index (κ3) is 8.04. The lowest BCUT2D eigenvalue weighted by Gasteiger charge is -2.33. The number of aryl methyl sites for hydroxylation is 1. The first-order chi connectivity index (χ1) is 19.8. The van der Waals surface area contributed by atoms with E-state index in [0.29, 0.717) is 28.9 Å². The standard InChI is InChI=1S/C30H33ClF3N3O4S/c1-4-17-35-29(39)27(5-2)36(19-22-13-11-21(3)12-14-22)28(38)20-37(42(40,41)24-9-7-6-8-10-24)23-15-16-26(31)25(18-23)30(32,33)34/h6-16,18,27H,4-5,17,19-20H2,1-3H3,(H,35,39)/t27-/m0/s1. The first-order valence-corrected chi connectivity index (χ1v) is 15.2. The summed E-state index contributed by atoms with van der Waals surface area (Å²) in [6.07, 6.45) is -3.99. The van der Waals surface area contributed by atoms with Gasteiger partial charge in [-0.25, -0.2) is 8.42 Å². The second-order valence-corrected chi connectivity index (χ2v) is 12.0. The Morgan fingerprint density at radius 1 is 0.976 bits per heavy atom. The van der Waals surface area contributed by atoms with Crippen LogP contribution in [0.1, 0.15) is 43.4 Å². The minimum absolute atomic E-state index is 0.0230. The predicted molar refractivity (Wildman–Crippen MR) is 157 cm³/mol. The van der Waals surface area contributed by atoms with Crippen molar-refractivity contribution in [2.24, 2.45) is 0 Å². The normalized spacial score (nSPS) is 12.5. The summed E-state index contributed by atoms with van der Waals surface area (Å²) in [7, 11) is -4.53. The Balaban J connectivity index is 2.12. The number of alkyl halides is 3. The minimum atomic E-state index is -4.87. The lowest BCUT2D eigenvalue weighted by molar-refractivity contribution is -0.140. The van der Waals surface area contributed by atoms with Gasteiger partial charge in [0.1, 0.15) is 12.6 Å². The molecular weight excluding hydrogens is 591 g/mol. The lowest BCUT2D eigenvalue weighted by Crippen LogP contribution is -2.52. The summed E-state index contributed by atoms with van der Waals surface area (Å²) in [5, 5.41) is 2.16. The molecule has 1 N–H and O–H groups in total. The number of hydrogen-bond donors (Lipinski definition) is 1. The van der Waals surface area contributed by atoms with Gasteiger partial charge in [-0.15, -0.1) is 0 Å². The van der Waals surface area contributed by atoms with E-state index < -0.39 is 56.9 Å². The molecule has 0 aliphatic heterocycles. The number of nitrogens with one attached hydrogen (secondary N) is 1. The zero-order valence-electron chi connectivity index (χ0n) is 23.5. The smallest absolute Gasteiger partial charge is 0.354 e. The molecule has 3 aromatic carbocycles. The van der Waals surface area contributed by atoms with Gasteiger partial charge < -0.3 is 10.2 Å². The highest BCUT2D eigenvalue weighted by Crippen LogP contribution is 2.38. The van der Waals surface area contributed by atoms with Crippen LogP contribution in [0.2, 0.25) is 5.02 Å². The van der Waals surface area contributed by atoms with Crippen molar-refractivity contribution in [2.75, 3.05) is 17.4 Å². The van der Waals surface area contributed by atoms with E-state index in [1.807, 2.05) is 26.0 Å². The monoisotopic (exact) mass is 623 g/mol. The Hall–Kier alpha value is -3.57. The Morgan fingerprint density at radius 3 is 2.19 bits per heavy atom. The number of hydrogen-bond acceptors (Lipinski definition) is 4. The summed E-state index contributed by atoms with van der Waals surface area (Å²) in [5.74, 6) is -1.18. The number of anilines is 1. The quantitative estimate of drug-likeness (QED) is 0.260. The summed E-state index contributed by atoms with van der Waals surface area (Å²) in [6.45, 7) is 4.99. The molecule has 0 aromatic heterocycles. The molecule has 1 atom stereocenters. The van der Waals surface area contributed by atoms with Gasteiger partial charge in [0.15, 0.2) is 0 Å². The zero-order chi connectivity index (χ0) is 31.1. The van der Waals surface area contributed by atoms with E-state index >= 15 is 0 Å². The van der Waals surface area contributed by atoms with Gasteiger partial charge in [0.05, 0.1) is 21.2 Å². The van der Waals surface area contributed by atoms with Gasteiger partial charge in [-0.05, 0) is 55.7 Å². The molecule has 0 heterocycles. The summed E-state index contributed by atoms with van der Waals surface area (Å²) in [4.78, 5) is 28.2. The van der Waals surface area contributed by atoms with E-state index in [9.17, 15) is 31.2 Å². The first-order valence-electron chi connectivity index (χ1n) is 13.4. The van der Waals surface area contributed by atoms with Crippen molar-refractivity contribution >= 4 is 39.1 Å². The molecule has 226 valence electrons. The van der Waals surface area contributed by atoms with Crippen LogP contribution in [0.25, 0.3) is 0 Å². The van der Waals surface area contributed by atoms with Gasteiger partial charge in [0, 0.05) is 13.1 Å². The van der Waals surface area contributed by atoms with Crippen LogP contribution in [0.15, 0.2) is 77.7 Å². The van der Waals surface area contributed by atoms with E-state index in [1.165, 1.54) is 29.2 Å². The van der Waals surface area contributed by atoms with Crippen LogP contribution < -0.4 is 9.62 Å². The topological polar surface area (TPSA) is 86.8 Å². The molecule has 0 fully saturated rings. The largest absolute Gasteiger partial charge is 0.417 e. The van der Waals surface area contributed by atoms with Gasteiger partial charge in [-0.2, -0.15) is 13.2 Å². The van der Waals surface area contributed by atoms with Gasteiger partial charge in [0.2, 0.25) is 11.8 Å². The van der Waals surface area contributed by atoms with Crippen molar-refractivity contribution in [3.05, 3.63) is 94.5 Å². The number of carbonyl (C=O) groups is 2. The van der Waals surface area contributed by atoms with Crippen molar-refractivity contribution in [1.29, 1.82) is 0 Å². The van der Waals surface area contributed by atoms with Crippen molar-refractivity contribution in [3.63, 3.8) is 0 Å². The van der Waals surface area contributed by atoms with E-state index in [1.54, 1.807) is 25.1 Å².